The molecule has 24 heavy (non-hydrogen) atoms. The number of aromatic nitrogens is 1. The van der Waals surface area contributed by atoms with Crippen LogP contribution in [-0.4, -0.2) is 50.7 Å². The minimum absolute atomic E-state index is 0.0378. The van der Waals surface area contributed by atoms with Crippen molar-refractivity contribution in [3.63, 3.8) is 0 Å². The summed E-state index contributed by atoms with van der Waals surface area (Å²) in [7, 11) is 0. The van der Waals surface area contributed by atoms with Gasteiger partial charge in [0.05, 0.1) is 31.4 Å². The molecule has 2 aliphatic rings. The standard InChI is InChI=1S/C17H20N2O5/c20-17-12(8-18-9-13-10-21-1-2-22-13)5-11-6-15-16(7-14(11)19-17)24-4-3-23-15/h5-7,13,18H,1-4,8-10H2,(H,19,20)/t13-/m0/s1. The molecule has 128 valence electrons. The quantitative estimate of drug-likeness (QED) is 0.862. The van der Waals surface area contributed by atoms with Crippen LogP contribution >= 0.6 is 0 Å². The Bertz CT molecular complexity index is 782. The van der Waals surface area contributed by atoms with E-state index in [1.54, 1.807) is 0 Å². The zero-order chi connectivity index (χ0) is 16.4. The van der Waals surface area contributed by atoms with Crippen LogP contribution in [0.4, 0.5) is 0 Å². The van der Waals surface area contributed by atoms with Crippen molar-refractivity contribution in [3.8, 4) is 11.5 Å². The summed E-state index contributed by atoms with van der Waals surface area (Å²) < 4.78 is 22.1. The van der Waals surface area contributed by atoms with Crippen molar-refractivity contribution in [3.05, 3.63) is 34.1 Å². The van der Waals surface area contributed by atoms with E-state index < -0.39 is 0 Å². The molecule has 2 aliphatic heterocycles. The predicted octanol–water partition coefficient (Wildman–Crippen LogP) is 0.804. The third kappa shape index (κ3) is 3.24. The van der Waals surface area contributed by atoms with Gasteiger partial charge >= 0.3 is 0 Å². The summed E-state index contributed by atoms with van der Waals surface area (Å²) in [6, 6.07) is 5.61. The van der Waals surface area contributed by atoms with E-state index in [1.807, 2.05) is 18.2 Å². The molecule has 2 N–H and O–H groups in total. The Hall–Kier alpha value is -2.09. The molecule has 0 saturated carbocycles. The van der Waals surface area contributed by atoms with Gasteiger partial charge in [0.15, 0.2) is 11.5 Å². The highest BCUT2D eigenvalue weighted by Gasteiger charge is 2.15. The Morgan fingerprint density at radius 1 is 1.08 bits per heavy atom. The molecule has 3 heterocycles. The molecule has 7 heteroatoms. The highest BCUT2D eigenvalue weighted by molar-refractivity contribution is 5.83. The van der Waals surface area contributed by atoms with Crippen molar-refractivity contribution < 1.29 is 18.9 Å². The van der Waals surface area contributed by atoms with Crippen LogP contribution in [-0.2, 0) is 16.0 Å². The number of aromatic amines is 1. The van der Waals surface area contributed by atoms with Gasteiger partial charge in [-0.2, -0.15) is 0 Å². The van der Waals surface area contributed by atoms with Crippen LogP contribution in [0.2, 0.25) is 0 Å². The van der Waals surface area contributed by atoms with Crippen molar-refractivity contribution >= 4 is 10.9 Å². The topological polar surface area (TPSA) is 81.8 Å². The average molecular weight is 332 g/mol. The molecular weight excluding hydrogens is 312 g/mol. The Morgan fingerprint density at radius 3 is 2.71 bits per heavy atom. The highest BCUT2D eigenvalue weighted by Crippen LogP contribution is 2.33. The van der Waals surface area contributed by atoms with Crippen molar-refractivity contribution in [2.45, 2.75) is 12.6 Å². The monoisotopic (exact) mass is 332 g/mol. The largest absolute Gasteiger partial charge is 0.486 e. The van der Waals surface area contributed by atoms with Crippen molar-refractivity contribution in [2.24, 2.45) is 0 Å². The van der Waals surface area contributed by atoms with Gasteiger partial charge in [-0.3, -0.25) is 4.79 Å². The van der Waals surface area contributed by atoms with Gasteiger partial charge in [-0.25, -0.2) is 0 Å². The van der Waals surface area contributed by atoms with Gasteiger partial charge in [-0.15, -0.1) is 0 Å². The fourth-order valence-electron chi connectivity index (χ4n) is 2.94. The number of hydrogen-bond donors (Lipinski definition) is 2. The zero-order valence-corrected chi connectivity index (χ0v) is 13.3. The number of pyridine rings is 1. The Kier molecular flexibility index (Phi) is 4.38. The molecule has 1 saturated heterocycles. The van der Waals surface area contributed by atoms with Crippen LogP contribution in [0.3, 0.4) is 0 Å². The molecule has 0 aliphatic carbocycles. The lowest BCUT2D eigenvalue weighted by molar-refractivity contribution is -0.0864. The van der Waals surface area contributed by atoms with Gasteiger partial charge in [0.25, 0.3) is 5.56 Å². The lowest BCUT2D eigenvalue weighted by Crippen LogP contribution is -2.37. The maximum Gasteiger partial charge on any atom is 0.252 e. The minimum atomic E-state index is -0.104. The second kappa shape index (κ2) is 6.80. The fraction of sp³-hybridized carbons (Fsp3) is 0.471. The molecule has 1 atom stereocenters. The van der Waals surface area contributed by atoms with Gasteiger partial charge in [0.1, 0.15) is 13.2 Å². The first kappa shape index (κ1) is 15.4. The fourth-order valence-corrected chi connectivity index (χ4v) is 2.94. The summed E-state index contributed by atoms with van der Waals surface area (Å²) in [4.78, 5) is 15.2. The highest BCUT2D eigenvalue weighted by atomic mass is 16.6. The normalized spacial score (nSPS) is 20.2. The van der Waals surface area contributed by atoms with Crippen LogP contribution < -0.4 is 20.3 Å². The molecule has 0 amide bonds. The molecule has 4 rings (SSSR count). The Morgan fingerprint density at radius 2 is 1.92 bits per heavy atom. The second-order valence-electron chi connectivity index (χ2n) is 5.91. The van der Waals surface area contributed by atoms with Crippen LogP contribution in [0.25, 0.3) is 10.9 Å². The van der Waals surface area contributed by atoms with E-state index in [0.29, 0.717) is 63.2 Å². The van der Waals surface area contributed by atoms with Crippen molar-refractivity contribution in [2.75, 3.05) is 39.6 Å². The van der Waals surface area contributed by atoms with Gasteiger partial charge < -0.3 is 29.2 Å². The third-order valence-electron chi connectivity index (χ3n) is 4.16. The smallest absolute Gasteiger partial charge is 0.252 e. The molecule has 1 fully saturated rings. The molecule has 0 radical (unpaired) electrons. The second-order valence-corrected chi connectivity index (χ2v) is 5.91. The summed E-state index contributed by atoms with van der Waals surface area (Å²) in [5, 5.41) is 4.18. The number of H-pyrrole nitrogens is 1. The first-order chi connectivity index (χ1) is 11.8. The Labute approximate surface area is 138 Å². The summed E-state index contributed by atoms with van der Waals surface area (Å²) in [5.74, 6) is 1.39. The lowest BCUT2D eigenvalue weighted by Gasteiger charge is -2.23. The van der Waals surface area contributed by atoms with E-state index in [-0.39, 0.29) is 11.7 Å². The molecule has 1 aromatic carbocycles. The molecule has 2 aromatic rings. The van der Waals surface area contributed by atoms with E-state index in [1.165, 1.54) is 0 Å². The van der Waals surface area contributed by atoms with Gasteiger partial charge in [0.2, 0.25) is 0 Å². The van der Waals surface area contributed by atoms with Gasteiger partial charge in [0, 0.05) is 30.1 Å². The average Bonchev–Trinajstić information content (AvgIpc) is 2.61. The van der Waals surface area contributed by atoms with E-state index in [9.17, 15) is 4.79 Å². The third-order valence-corrected chi connectivity index (χ3v) is 4.16. The van der Waals surface area contributed by atoms with E-state index in [0.717, 1.165) is 10.9 Å². The molecule has 0 unspecified atom stereocenters. The van der Waals surface area contributed by atoms with E-state index >= 15 is 0 Å². The van der Waals surface area contributed by atoms with Crippen LogP contribution in [0.5, 0.6) is 11.5 Å². The summed E-state index contributed by atoms with van der Waals surface area (Å²) in [6.45, 7) is 4.05. The molecular formula is C17H20N2O5. The SMILES string of the molecule is O=c1[nH]c2cc3c(cc2cc1CNC[C@H]1COCCO1)OCCO3. The van der Waals surface area contributed by atoms with Crippen molar-refractivity contribution in [1.82, 2.24) is 10.3 Å². The maximum absolute atomic E-state index is 12.3. The van der Waals surface area contributed by atoms with Crippen molar-refractivity contribution in [1.29, 1.82) is 0 Å². The zero-order valence-electron chi connectivity index (χ0n) is 13.3. The Balaban J connectivity index is 1.50. The number of rotatable bonds is 4. The predicted molar refractivity (Wildman–Crippen MR) is 87.8 cm³/mol. The number of benzene rings is 1. The number of nitrogens with one attached hydrogen (secondary N) is 2. The van der Waals surface area contributed by atoms with Gasteiger partial charge in [-0.05, 0) is 12.1 Å². The van der Waals surface area contributed by atoms with E-state index in [2.05, 4.69) is 10.3 Å². The maximum atomic E-state index is 12.3. The van der Waals surface area contributed by atoms with E-state index in [4.69, 9.17) is 18.9 Å². The molecule has 0 bridgehead atoms. The first-order valence-electron chi connectivity index (χ1n) is 8.15. The van der Waals surface area contributed by atoms with Crippen LogP contribution in [0, 0.1) is 0 Å². The lowest BCUT2D eigenvalue weighted by atomic mass is 10.1. The van der Waals surface area contributed by atoms with Crippen LogP contribution in [0.15, 0.2) is 23.0 Å². The van der Waals surface area contributed by atoms with Gasteiger partial charge in [-0.1, -0.05) is 0 Å². The number of ether oxygens (including phenoxy) is 4. The molecule has 7 nitrogen and oxygen atoms in total. The molecule has 1 aromatic heterocycles. The number of hydrogen-bond acceptors (Lipinski definition) is 6. The molecule has 0 spiro atoms. The summed E-state index contributed by atoms with van der Waals surface area (Å²) in [6.07, 6.45) is 0.0378. The summed E-state index contributed by atoms with van der Waals surface area (Å²) >= 11 is 0. The first-order valence-corrected chi connectivity index (χ1v) is 8.15. The number of fused-ring (bicyclic) bond motifs is 2. The minimum Gasteiger partial charge on any atom is -0.486 e. The summed E-state index contributed by atoms with van der Waals surface area (Å²) in [5.41, 5.74) is 1.32. The van der Waals surface area contributed by atoms with Crippen LogP contribution in [0.1, 0.15) is 5.56 Å².